The number of oxazole rings is 1. The van der Waals surface area contributed by atoms with Crippen molar-refractivity contribution in [2.45, 2.75) is 20.0 Å². The lowest BCUT2D eigenvalue weighted by Crippen LogP contribution is -2.19. The Morgan fingerprint density at radius 1 is 1.58 bits per heavy atom. The van der Waals surface area contributed by atoms with Gasteiger partial charge in [-0.1, -0.05) is 0 Å². The Morgan fingerprint density at radius 2 is 2.37 bits per heavy atom. The molecule has 0 spiro atoms. The SMILES string of the molecule is CCOC(C)CNc1nc2cc([N+](=O)[O-])ccc2o1. The minimum atomic E-state index is -0.460. The maximum absolute atomic E-state index is 10.7. The number of ether oxygens (including phenoxy) is 1. The normalized spacial score (nSPS) is 12.5. The number of anilines is 1. The van der Waals surface area contributed by atoms with Crippen LogP contribution in [0.15, 0.2) is 22.6 Å². The maximum atomic E-state index is 10.7. The lowest BCUT2D eigenvalue weighted by atomic mass is 10.3. The van der Waals surface area contributed by atoms with E-state index in [1.807, 2.05) is 13.8 Å². The first kappa shape index (κ1) is 13.3. The number of nitro groups is 1. The molecule has 0 saturated carbocycles. The molecular formula is C12H15N3O4. The third-order valence-electron chi connectivity index (χ3n) is 2.57. The smallest absolute Gasteiger partial charge is 0.295 e. The van der Waals surface area contributed by atoms with Crippen molar-refractivity contribution in [3.8, 4) is 0 Å². The van der Waals surface area contributed by atoms with Crippen molar-refractivity contribution in [2.75, 3.05) is 18.5 Å². The number of nitro benzene ring substituents is 1. The number of nitrogens with zero attached hydrogens (tertiary/aromatic N) is 2. The molecule has 1 unspecified atom stereocenters. The fraction of sp³-hybridized carbons (Fsp3) is 0.417. The topological polar surface area (TPSA) is 90.4 Å². The second-order valence-electron chi connectivity index (χ2n) is 4.08. The van der Waals surface area contributed by atoms with Crippen molar-refractivity contribution in [1.82, 2.24) is 4.98 Å². The van der Waals surface area contributed by atoms with Crippen LogP contribution in [0.3, 0.4) is 0 Å². The van der Waals surface area contributed by atoms with Crippen LogP contribution in [0.5, 0.6) is 0 Å². The first-order chi connectivity index (χ1) is 9.10. The number of non-ortho nitro benzene ring substituents is 1. The van der Waals surface area contributed by atoms with Crippen molar-refractivity contribution < 1.29 is 14.1 Å². The van der Waals surface area contributed by atoms with Gasteiger partial charge in [0.1, 0.15) is 5.52 Å². The molecule has 0 radical (unpaired) electrons. The average Bonchev–Trinajstić information content (AvgIpc) is 2.78. The zero-order valence-corrected chi connectivity index (χ0v) is 10.8. The van der Waals surface area contributed by atoms with Gasteiger partial charge in [0.25, 0.3) is 11.7 Å². The van der Waals surface area contributed by atoms with E-state index in [1.165, 1.54) is 18.2 Å². The van der Waals surface area contributed by atoms with Gasteiger partial charge >= 0.3 is 0 Å². The summed E-state index contributed by atoms with van der Waals surface area (Å²) in [6.45, 7) is 5.06. The molecule has 1 aromatic carbocycles. The largest absolute Gasteiger partial charge is 0.424 e. The van der Waals surface area contributed by atoms with Crippen molar-refractivity contribution in [3.05, 3.63) is 28.3 Å². The van der Waals surface area contributed by atoms with Crippen LogP contribution in [0.25, 0.3) is 11.1 Å². The summed E-state index contributed by atoms with van der Waals surface area (Å²) in [5.41, 5.74) is 0.966. The van der Waals surface area contributed by atoms with E-state index in [2.05, 4.69) is 10.3 Å². The van der Waals surface area contributed by atoms with Gasteiger partial charge in [-0.25, -0.2) is 0 Å². The Bertz CT molecular complexity index is 581. The maximum Gasteiger partial charge on any atom is 0.295 e. The quantitative estimate of drug-likeness (QED) is 0.637. The summed E-state index contributed by atoms with van der Waals surface area (Å²) < 4.78 is 10.8. The third-order valence-corrected chi connectivity index (χ3v) is 2.57. The lowest BCUT2D eigenvalue weighted by molar-refractivity contribution is -0.384. The Balaban J connectivity index is 2.11. The zero-order valence-electron chi connectivity index (χ0n) is 10.8. The van der Waals surface area contributed by atoms with Gasteiger partial charge in [0.2, 0.25) is 0 Å². The highest BCUT2D eigenvalue weighted by atomic mass is 16.6. The lowest BCUT2D eigenvalue weighted by Gasteiger charge is -2.10. The second kappa shape index (κ2) is 5.66. The van der Waals surface area contributed by atoms with Gasteiger partial charge in [-0.05, 0) is 19.9 Å². The Labute approximate surface area is 109 Å². The first-order valence-corrected chi connectivity index (χ1v) is 6.00. The van der Waals surface area contributed by atoms with Crippen LogP contribution >= 0.6 is 0 Å². The highest BCUT2D eigenvalue weighted by Gasteiger charge is 2.12. The van der Waals surface area contributed by atoms with Crippen molar-refractivity contribution in [1.29, 1.82) is 0 Å². The average molecular weight is 265 g/mol. The molecule has 0 amide bonds. The van der Waals surface area contributed by atoms with E-state index in [9.17, 15) is 10.1 Å². The first-order valence-electron chi connectivity index (χ1n) is 6.00. The Morgan fingerprint density at radius 3 is 3.05 bits per heavy atom. The summed E-state index contributed by atoms with van der Waals surface area (Å²) in [4.78, 5) is 14.3. The standard InChI is InChI=1S/C12H15N3O4/c1-3-18-8(2)7-13-12-14-10-6-9(15(16)17)4-5-11(10)19-12/h4-6,8H,3,7H2,1-2H3,(H,13,14). The van der Waals surface area contributed by atoms with E-state index in [-0.39, 0.29) is 11.8 Å². The van der Waals surface area contributed by atoms with E-state index in [0.717, 1.165) is 0 Å². The van der Waals surface area contributed by atoms with Crippen LogP contribution < -0.4 is 5.32 Å². The molecule has 1 aromatic heterocycles. The number of benzene rings is 1. The van der Waals surface area contributed by atoms with Gasteiger partial charge in [-0.3, -0.25) is 10.1 Å². The summed E-state index contributed by atoms with van der Waals surface area (Å²) >= 11 is 0. The number of rotatable bonds is 6. The van der Waals surface area contributed by atoms with E-state index in [0.29, 0.717) is 30.3 Å². The van der Waals surface area contributed by atoms with Crippen molar-refractivity contribution >= 4 is 22.8 Å². The fourth-order valence-corrected chi connectivity index (χ4v) is 1.68. The predicted molar refractivity (Wildman–Crippen MR) is 70.2 cm³/mol. The highest BCUT2D eigenvalue weighted by Crippen LogP contribution is 2.23. The molecule has 1 atom stereocenters. The van der Waals surface area contributed by atoms with Crippen LogP contribution in [0, 0.1) is 10.1 Å². The van der Waals surface area contributed by atoms with E-state index >= 15 is 0 Å². The van der Waals surface area contributed by atoms with Crippen molar-refractivity contribution in [3.63, 3.8) is 0 Å². The van der Waals surface area contributed by atoms with E-state index < -0.39 is 4.92 Å². The van der Waals surface area contributed by atoms with Crippen LogP contribution in [0.2, 0.25) is 0 Å². The zero-order chi connectivity index (χ0) is 13.8. The predicted octanol–water partition coefficient (Wildman–Crippen LogP) is 2.57. The summed E-state index contributed by atoms with van der Waals surface area (Å²) in [6.07, 6.45) is 0.0364. The molecule has 2 aromatic rings. The molecule has 7 heteroatoms. The van der Waals surface area contributed by atoms with Crippen LogP contribution in [-0.2, 0) is 4.74 Å². The minimum absolute atomic E-state index is 0.00460. The molecule has 0 bridgehead atoms. The van der Waals surface area contributed by atoms with E-state index in [4.69, 9.17) is 9.15 Å². The van der Waals surface area contributed by atoms with Crippen LogP contribution in [0.1, 0.15) is 13.8 Å². The third kappa shape index (κ3) is 3.19. The molecule has 1 heterocycles. The van der Waals surface area contributed by atoms with Gasteiger partial charge < -0.3 is 14.5 Å². The Kier molecular flexibility index (Phi) is 3.96. The van der Waals surface area contributed by atoms with Crippen LogP contribution in [-0.4, -0.2) is 29.2 Å². The number of fused-ring (bicyclic) bond motifs is 1. The van der Waals surface area contributed by atoms with Crippen molar-refractivity contribution in [2.24, 2.45) is 0 Å². The van der Waals surface area contributed by atoms with Crippen LogP contribution in [0.4, 0.5) is 11.7 Å². The summed E-state index contributed by atoms with van der Waals surface area (Å²) in [5, 5.41) is 13.6. The summed E-state index contributed by atoms with van der Waals surface area (Å²) in [7, 11) is 0. The molecule has 19 heavy (non-hydrogen) atoms. The van der Waals surface area contributed by atoms with Gasteiger partial charge in [0.05, 0.1) is 11.0 Å². The second-order valence-corrected chi connectivity index (χ2v) is 4.08. The van der Waals surface area contributed by atoms with E-state index in [1.54, 1.807) is 0 Å². The molecule has 0 saturated heterocycles. The number of hydrogen-bond donors (Lipinski definition) is 1. The molecule has 0 aliphatic rings. The minimum Gasteiger partial charge on any atom is -0.424 e. The molecule has 0 aliphatic carbocycles. The summed E-state index contributed by atoms with van der Waals surface area (Å²) in [6, 6.07) is 4.65. The molecule has 102 valence electrons. The van der Waals surface area contributed by atoms with Gasteiger partial charge in [0.15, 0.2) is 5.58 Å². The highest BCUT2D eigenvalue weighted by molar-refractivity contribution is 5.77. The number of aromatic nitrogens is 1. The Hall–Kier alpha value is -2.15. The molecule has 0 fully saturated rings. The molecule has 7 nitrogen and oxygen atoms in total. The summed E-state index contributed by atoms with van der Waals surface area (Å²) in [5.74, 6) is 0. The molecular weight excluding hydrogens is 250 g/mol. The molecule has 0 aliphatic heterocycles. The van der Waals surface area contributed by atoms with Gasteiger partial charge in [0, 0.05) is 25.3 Å². The molecule has 2 rings (SSSR count). The number of nitrogens with one attached hydrogen (secondary N) is 1. The van der Waals surface area contributed by atoms with Gasteiger partial charge in [-0.2, -0.15) is 4.98 Å². The number of hydrogen-bond acceptors (Lipinski definition) is 6. The fourth-order valence-electron chi connectivity index (χ4n) is 1.68. The monoisotopic (exact) mass is 265 g/mol. The van der Waals surface area contributed by atoms with Gasteiger partial charge in [-0.15, -0.1) is 0 Å². The molecule has 1 N–H and O–H groups in total.